The molecule has 0 aromatic heterocycles. The topological polar surface area (TPSA) is 41.6 Å². The van der Waals surface area contributed by atoms with E-state index in [1.807, 2.05) is 4.90 Å². The Bertz CT molecular complexity index is 238. The maximum absolute atomic E-state index is 12.6. The minimum atomic E-state index is -0.287. The van der Waals surface area contributed by atoms with Gasteiger partial charge >= 0.3 is 0 Å². The fraction of sp³-hybridized carbons (Fsp3) is 0.923. The minimum absolute atomic E-state index is 0. The molecule has 5 heteroatoms. The van der Waals surface area contributed by atoms with Gasteiger partial charge in [0.05, 0.1) is 12.0 Å². The van der Waals surface area contributed by atoms with E-state index in [1.54, 1.807) is 7.11 Å². The summed E-state index contributed by atoms with van der Waals surface area (Å²) >= 11 is 0. The average molecular weight is 279 g/mol. The van der Waals surface area contributed by atoms with Crippen LogP contribution in [-0.4, -0.2) is 50.7 Å². The van der Waals surface area contributed by atoms with Crippen molar-refractivity contribution in [2.45, 2.75) is 33.1 Å². The van der Waals surface area contributed by atoms with Gasteiger partial charge in [0.15, 0.2) is 0 Å². The van der Waals surface area contributed by atoms with Crippen LogP contribution < -0.4 is 5.32 Å². The smallest absolute Gasteiger partial charge is 0.231 e. The number of hydrogen-bond donors (Lipinski definition) is 1. The number of rotatable bonds is 6. The lowest BCUT2D eigenvalue weighted by Crippen LogP contribution is -2.51. The van der Waals surface area contributed by atoms with Crippen LogP contribution in [0.2, 0.25) is 0 Å². The van der Waals surface area contributed by atoms with E-state index in [9.17, 15) is 4.79 Å². The van der Waals surface area contributed by atoms with Crippen molar-refractivity contribution in [3.63, 3.8) is 0 Å². The van der Waals surface area contributed by atoms with Crippen LogP contribution in [0.3, 0.4) is 0 Å². The molecule has 1 fully saturated rings. The predicted octanol–water partition coefficient (Wildman–Crippen LogP) is 1.68. The van der Waals surface area contributed by atoms with Gasteiger partial charge < -0.3 is 15.0 Å². The molecule has 18 heavy (non-hydrogen) atoms. The molecule has 0 aromatic rings. The third-order valence-electron chi connectivity index (χ3n) is 3.60. The summed E-state index contributed by atoms with van der Waals surface area (Å²) in [7, 11) is 1.69. The fourth-order valence-corrected chi connectivity index (χ4v) is 2.61. The van der Waals surface area contributed by atoms with Crippen molar-refractivity contribution in [2.75, 3.05) is 39.9 Å². The molecule has 108 valence electrons. The summed E-state index contributed by atoms with van der Waals surface area (Å²) in [4.78, 5) is 14.6. The lowest BCUT2D eigenvalue weighted by atomic mass is 9.78. The Morgan fingerprint density at radius 2 is 1.94 bits per heavy atom. The fourth-order valence-electron chi connectivity index (χ4n) is 2.61. The van der Waals surface area contributed by atoms with Gasteiger partial charge in [-0.2, -0.15) is 0 Å². The Morgan fingerprint density at radius 1 is 1.33 bits per heavy atom. The van der Waals surface area contributed by atoms with Crippen LogP contribution in [0.25, 0.3) is 0 Å². The zero-order chi connectivity index (χ0) is 12.7. The maximum atomic E-state index is 12.6. The molecular formula is C13H27ClN2O2. The van der Waals surface area contributed by atoms with E-state index in [0.29, 0.717) is 6.61 Å². The van der Waals surface area contributed by atoms with Crippen molar-refractivity contribution < 1.29 is 9.53 Å². The molecule has 0 radical (unpaired) electrons. The van der Waals surface area contributed by atoms with Gasteiger partial charge in [-0.1, -0.05) is 6.92 Å². The van der Waals surface area contributed by atoms with E-state index >= 15 is 0 Å². The number of nitrogens with one attached hydrogen (secondary N) is 1. The summed E-state index contributed by atoms with van der Waals surface area (Å²) in [5.74, 6) is 0.283. The molecule has 1 aliphatic rings. The van der Waals surface area contributed by atoms with Crippen LogP contribution in [0.5, 0.6) is 0 Å². The van der Waals surface area contributed by atoms with Crippen molar-refractivity contribution in [1.29, 1.82) is 0 Å². The van der Waals surface area contributed by atoms with Crippen molar-refractivity contribution in [1.82, 2.24) is 10.2 Å². The Kier molecular flexibility index (Phi) is 8.57. The number of piperidine rings is 1. The molecule has 0 unspecified atom stereocenters. The van der Waals surface area contributed by atoms with Crippen molar-refractivity contribution in [2.24, 2.45) is 5.41 Å². The first-order chi connectivity index (χ1) is 8.20. The number of carbonyl (C=O) groups excluding carboxylic acids is 1. The highest BCUT2D eigenvalue weighted by Crippen LogP contribution is 2.31. The lowest BCUT2D eigenvalue weighted by molar-refractivity contribution is -0.147. The second-order valence-corrected chi connectivity index (χ2v) is 4.85. The summed E-state index contributed by atoms with van der Waals surface area (Å²) in [6.45, 7) is 8.20. The Hall–Kier alpha value is -0.320. The number of nitrogens with zero attached hydrogens (tertiary/aromatic N) is 1. The van der Waals surface area contributed by atoms with Crippen molar-refractivity contribution in [3.05, 3.63) is 0 Å². The van der Waals surface area contributed by atoms with Crippen LogP contribution in [0.1, 0.15) is 33.1 Å². The highest BCUT2D eigenvalue weighted by atomic mass is 35.5. The Balaban J connectivity index is 0.00000289. The van der Waals surface area contributed by atoms with E-state index in [0.717, 1.165) is 45.4 Å². The lowest BCUT2D eigenvalue weighted by Gasteiger charge is -2.39. The molecule has 0 aliphatic carbocycles. The van der Waals surface area contributed by atoms with E-state index in [2.05, 4.69) is 19.2 Å². The van der Waals surface area contributed by atoms with E-state index in [-0.39, 0.29) is 23.7 Å². The van der Waals surface area contributed by atoms with Gasteiger partial charge in [-0.05, 0) is 39.3 Å². The number of ether oxygens (including phenoxy) is 1. The van der Waals surface area contributed by atoms with Crippen molar-refractivity contribution in [3.8, 4) is 0 Å². The molecule has 1 rings (SSSR count). The van der Waals surface area contributed by atoms with Crippen LogP contribution in [0, 0.1) is 5.41 Å². The number of halogens is 1. The monoisotopic (exact) mass is 278 g/mol. The largest absolute Gasteiger partial charge is 0.384 e. The van der Waals surface area contributed by atoms with Crippen LogP contribution in [0.15, 0.2) is 0 Å². The molecular weight excluding hydrogens is 252 g/mol. The van der Waals surface area contributed by atoms with E-state index in [4.69, 9.17) is 4.74 Å². The predicted molar refractivity (Wildman–Crippen MR) is 76.2 cm³/mol. The summed E-state index contributed by atoms with van der Waals surface area (Å²) in [5, 5.41) is 3.32. The quantitative estimate of drug-likeness (QED) is 0.804. The zero-order valence-corrected chi connectivity index (χ0v) is 12.6. The second kappa shape index (κ2) is 8.73. The molecule has 4 nitrogen and oxygen atoms in total. The average Bonchev–Trinajstić information content (AvgIpc) is 2.36. The maximum Gasteiger partial charge on any atom is 0.231 e. The molecule has 0 aromatic carbocycles. The summed E-state index contributed by atoms with van der Waals surface area (Å²) in [6, 6.07) is 0. The summed E-state index contributed by atoms with van der Waals surface area (Å²) < 4.78 is 5.30. The SMILES string of the molecule is CCCN(CC)C(=O)C1(COC)CCNCC1.Cl. The van der Waals surface area contributed by atoms with Gasteiger partial charge in [0, 0.05) is 20.2 Å². The van der Waals surface area contributed by atoms with Gasteiger partial charge in [0.1, 0.15) is 0 Å². The number of amides is 1. The Morgan fingerprint density at radius 3 is 2.39 bits per heavy atom. The number of hydrogen-bond acceptors (Lipinski definition) is 3. The van der Waals surface area contributed by atoms with Gasteiger partial charge in [-0.15, -0.1) is 12.4 Å². The molecule has 1 aliphatic heterocycles. The normalized spacial score (nSPS) is 17.9. The molecule has 0 saturated carbocycles. The van der Waals surface area contributed by atoms with Gasteiger partial charge in [0.2, 0.25) is 5.91 Å². The molecule has 1 heterocycles. The van der Waals surface area contributed by atoms with E-state index in [1.165, 1.54) is 0 Å². The summed E-state index contributed by atoms with van der Waals surface area (Å²) in [6.07, 6.45) is 2.79. The van der Waals surface area contributed by atoms with E-state index < -0.39 is 0 Å². The number of methoxy groups -OCH3 is 1. The third kappa shape index (κ3) is 4.11. The first-order valence-corrected chi connectivity index (χ1v) is 6.69. The van der Waals surface area contributed by atoms with Crippen molar-refractivity contribution >= 4 is 18.3 Å². The zero-order valence-electron chi connectivity index (χ0n) is 11.8. The molecule has 1 N–H and O–H groups in total. The van der Waals surface area contributed by atoms with Crippen LogP contribution >= 0.6 is 12.4 Å². The highest BCUT2D eigenvalue weighted by molar-refractivity contribution is 5.85. The molecule has 1 saturated heterocycles. The number of carbonyl (C=O) groups is 1. The second-order valence-electron chi connectivity index (χ2n) is 4.85. The first-order valence-electron chi connectivity index (χ1n) is 6.69. The molecule has 0 spiro atoms. The van der Waals surface area contributed by atoms with Crippen LogP contribution in [-0.2, 0) is 9.53 Å². The van der Waals surface area contributed by atoms with Gasteiger partial charge in [-0.25, -0.2) is 0 Å². The minimum Gasteiger partial charge on any atom is -0.384 e. The third-order valence-corrected chi connectivity index (χ3v) is 3.60. The summed E-state index contributed by atoms with van der Waals surface area (Å²) in [5.41, 5.74) is -0.287. The van der Waals surface area contributed by atoms with Gasteiger partial charge in [-0.3, -0.25) is 4.79 Å². The molecule has 0 bridgehead atoms. The standard InChI is InChI=1S/C13H26N2O2.ClH/c1-4-10-15(5-2)12(16)13(11-17-3)6-8-14-9-7-13;/h14H,4-11H2,1-3H3;1H. The highest BCUT2D eigenvalue weighted by Gasteiger charge is 2.41. The van der Waals surface area contributed by atoms with Crippen LogP contribution in [0.4, 0.5) is 0 Å². The van der Waals surface area contributed by atoms with Gasteiger partial charge in [0.25, 0.3) is 0 Å². The first kappa shape index (κ1) is 17.7. The molecule has 0 atom stereocenters. The Labute approximate surface area is 117 Å². The molecule has 1 amide bonds.